The summed E-state index contributed by atoms with van der Waals surface area (Å²) in [4.78, 5) is 11.9. The van der Waals surface area contributed by atoms with Gasteiger partial charge in [-0.05, 0) is 48.2 Å². The van der Waals surface area contributed by atoms with Crippen molar-refractivity contribution in [2.75, 3.05) is 18.4 Å². The second-order valence-electron chi connectivity index (χ2n) is 5.69. The number of sulfonamides is 1. The second kappa shape index (κ2) is 8.64. The minimum atomic E-state index is -3.67. The lowest BCUT2D eigenvalue weighted by atomic mass is 10.1. The Labute approximate surface area is 148 Å². The summed E-state index contributed by atoms with van der Waals surface area (Å²) >= 11 is 0. The highest BCUT2D eigenvalue weighted by Crippen LogP contribution is 2.10. The second-order valence-corrected chi connectivity index (χ2v) is 7.25. The van der Waals surface area contributed by atoms with Crippen LogP contribution < -0.4 is 15.8 Å². The first-order valence-electron chi connectivity index (χ1n) is 8.09. The molecule has 0 fully saturated rings. The molecule has 7 heteroatoms. The van der Waals surface area contributed by atoms with E-state index in [2.05, 4.69) is 17.6 Å². The van der Waals surface area contributed by atoms with Crippen LogP contribution in [-0.4, -0.2) is 27.4 Å². The summed E-state index contributed by atoms with van der Waals surface area (Å²) in [5.41, 5.74) is 3.09. The van der Waals surface area contributed by atoms with E-state index < -0.39 is 10.0 Å². The average Bonchev–Trinajstić information content (AvgIpc) is 2.60. The molecule has 25 heavy (non-hydrogen) atoms. The quantitative estimate of drug-likeness (QED) is 0.665. The molecule has 134 valence electrons. The molecule has 2 rings (SSSR count). The molecular formula is C18H23N3O3S. The Balaban J connectivity index is 1.72. The van der Waals surface area contributed by atoms with Gasteiger partial charge in [-0.1, -0.05) is 31.2 Å². The number of hydrogen-bond acceptors (Lipinski definition) is 4. The molecule has 0 aliphatic heterocycles. The number of rotatable bonds is 8. The zero-order valence-electron chi connectivity index (χ0n) is 14.2. The van der Waals surface area contributed by atoms with Gasteiger partial charge >= 0.3 is 0 Å². The van der Waals surface area contributed by atoms with Gasteiger partial charge in [0.2, 0.25) is 15.9 Å². The van der Waals surface area contributed by atoms with E-state index in [0.717, 1.165) is 17.7 Å². The zero-order chi connectivity index (χ0) is 18.3. The number of nitrogens with two attached hydrogens (primary N) is 1. The molecule has 0 aliphatic rings. The lowest BCUT2D eigenvalue weighted by Crippen LogP contribution is -2.31. The standard InChI is InChI=1S/C18H23N3O3S/c1-2-14-3-7-16(8-4-14)21-13-18(22)20-12-11-15-5-9-17(10-6-15)25(19,23)24/h3-10,21H,2,11-13H2,1H3,(H,20,22)(H2,19,23,24). The van der Waals surface area contributed by atoms with E-state index in [-0.39, 0.29) is 17.3 Å². The molecule has 6 nitrogen and oxygen atoms in total. The maximum absolute atomic E-state index is 11.8. The van der Waals surface area contributed by atoms with Crippen molar-refractivity contribution in [1.82, 2.24) is 5.32 Å². The minimum Gasteiger partial charge on any atom is -0.376 e. The van der Waals surface area contributed by atoms with Crippen molar-refractivity contribution in [3.8, 4) is 0 Å². The van der Waals surface area contributed by atoms with E-state index in [0.29, 0.717) is 13.0 Å². The average molecular weight is 361 g/mol. The van der Waals surface area contributed by atoms with Crippen molar-refractivity contribution in [1.29, 1.82) is 0 Å². The fraction of sp³-hybridized carbons (Fsp3) is 0.278. The third-order valence-electron chi connectivity index (χ3n) is 3.80. The largest absolute Gasteiger partial charge is 0.376 e. The normalized spacial score (nSPS) is 11.1. The summed E-state index contributed by atoms with van der Waals surface area (Å²) < 4.78 is 22.4. The molecule has 0 aliphatic carbocycles. The first-order chi connectivity index (χ1) is 11.9. The van der Waals surface area contributed by atoms with Gasteiger partial charge in [-0.3, -0.25) is 4.79 Å². The summed E-state index contributed by atoms with van der Waals surface area (Å²) in [6.07, 6.45) is 1.60. The molecule has 0 atom stereocenters. The van der Waals surface area contributed by atoms with Crippen molar-refractivity contribution in [2.24, 2.45) is 5.14 Å². The van der Waals surface area contributed by atoms with Gasteiger partial charge in [0.1, 0.15) is 0 Å². The highest BCUT2D eigenvalue weighted by atomic mass is 32.2. The van der Waals surface area contributed by atoms with Crippen LogP contribution in [0.4, 0.5) is 5.69 Å². The van der Waals surface area contributed by atoms with Crippen molar-refractivity contribution in [3.63, 3.8) is 0 Å². The summed E-state index contributed by atoms with van der Waals surface area (Å²) in [5.74, 6) is -0.0966. The van der Waals surface area contributed by atoms with E-state index in [1.807, 2.05) is 24.3 Å². The van der Waals surface area contributed by atoms with Crippen LogP contribution in [0.2, 0.25) is 0 Å². The predicted molar refractivity (Wildman–Crippen MR) is 98.8 cm³/mol. The van der Waals surface area contributed by atoms with E-state index in [4.69, 9.17) is 5.14 Å². The van der Waals surface area contributed by atoms with Crippen molar-refractivity contribution in [2.45, 2.75) is 24.7 Å². The molecule has 2 aromatic carbocycles. The third-order valence-corrected chi connectivity index (χ3v) is 4.73. The number of hydrogen-bond donors (Lipinski definition) is 3. The van der Waals surface area contributed by atoms with Gasteiger partial charge in [-0.2, -0.15) is 0 Å². The third kappa shape index (κ3) is 6.21. The van der Waals surface area contributed by atoms with Gasteiger partial charge in [0.15, 0.2) is 0 Å². The number of anilines is 1. The SMILES string of the molecule is CCc1ccc(NCC(=O)NCCc2ccc(S(N)(=O)=O)cc2)cc1. The molecule has 0 unspecified atom stereocenters. The Morgan fingerprint density at radius 1 is 1.00 bits per heavy atom. The van der Waals surface area contributed by atoms with Gasteiger partial charge in [0.25, 0.3) is 0 Å². The summed E-state index contributed by atoms with van der Waals surface area (Å²) in [7, 11) is -3.67. The topological polar surface area (TPSA) is 101 Å². The molecule has 0 aromatic heterocycles. The fourth-order valence-corrected chi connectivity index (χ4v) is 2.81. The predicted octanol–water partition coefficient (Wildman–Crippen LogP) is 1.67. The van der Waals surface area contributed by atoms with Gasteiger partial charge in [-0.25, -0.2) is 13.6 Å². The maximum Gasteiger partial charge on any atom is 0.239 e. The number of primary sulfonamides is 1. The summed E-state index contributed by atoms with van der Waals surface area (Å²) in [5, 5.41) is 11.0. The Hall–Kier alpha value is -2.38. The molecule has 0 radical (unpaired) electrons. The molecule has 4 N–H and O–H groups in total. The van der Waals surface area contributed by atoms with Crippen LogP contribution >= 0.6 is 0 Å². The van der Waals surface area contributed by atoms with Crippen molar-refractivity contribution in [3.05, 3.63) is 59.7 Å². The number of benzene rings is 2. The molecule has 1 amide bonds. The minimum absolute atomic E-state index is 0.0820. The van der Waals surface area contributed by atoms with Crippen molar-refractivity contribution >= 4 is 21.6 Å². The molecule has 2 aromatic rings. The first kappa shape index (κ1) is 19.0. The van der Waals surface area contributed by atoms with Crippen LogP contribution in [0.1, 0.15) is 18.1 Å². The Kier molecular flexibility index (Phi) is 6.55. The van der Waals surface area contributed by atoms with E-state index in [9.17, 15) is 13.2 Å². The first-order valence-corrected chi connectivity index (χ1v) is 9.64. The summed E-state index contributed by atoms with van der Waals surface area (Å²) in [6, 6.07) is 14.3. The lowest BCUT2D eigenvalue weighted by Gasteiger charge is -2.09. The smallest absolute Gasteiger partial charge is 0.239 e. The van der Waals surface area contributed by atoms with Crippen LogP contribution in [0.25, 0.3) is 0 Å². The maximum atomic E-state index is 11.8. The molecule has 0 spiro atoms. The Bertz CT molecular complexity index is 800. The fourth-order valence-electron chi connectivity index (χ4n) is 2.30. The van der Waals surface area contributed by atoms with Gasteiger partial charge in [-0.15, -0.1) is 0 Å². The van der Waals surface area contributed by atoms with Gasteiger partial charge < -0.3 is 10.6 Å². The molecular weight excluding hydrogens is 338 g/mol. The lowest BCUT2D eigenvalue weighted by molar-refractivity contribution is -0.119. The number of carbonyl (C=O) groups is 1. The van der Waals surface area contributed by atoms with Crippen LogP contribution in [-0.2, 0) is 27.7 Å². The highest BCUT2D eigenvalue weighted by Gasteiger charge is 2.07. The van der Waals surface area contributed by atoms with Crippen LogP contribution in [0.3, 0.4) is 0 Å². The summed E-state index contributed by atoms with van der Waals surface area (Å²) in [6.45, 7) is 2.78. The van der Waals surface area contributed by atoms with Crippen LogP contribution in [0.15, 0.2) is 53.4 Å². The van der Waals surface area contributed by atoms with Crippen LogP contribution in [0, 0.1) is 0 Å². The van der Waals surface area contributed by atoms with Gasteiger partial charge in [0, 0.05) is 12.2 Å². The zero-order valence-corrected chi connectivity index (χ0v) is 15.0. The number of aryl methyl sites for hydroxylation is 1. The highest BCUT2D eigenvalue weighted by molar-refractivity contribution is 7.89. The van der Waals surface area contributed by atoms with Crippen LogP contribution in [0.5, 0.6) is 0 Å². The molecule has 0 bridgehead atoms. The van der Waals surface area contributed by atoms with Crippen molar-refractivity contribution < 1.29 is 13.2 Å². The molecule has 0 heterocycles. The Morgan fingerprint density at radius 2 is 1.60 bits per heavy atom. The Morgan fingerprint density at radius 3 is 2.16 bits per heavy atom. The van der Waals surface area contributed by atoms with Gasteiger partial charge in [0.05, 0.1) is 11.4 Å². The monoisotopic (exact) mass is 361 g/mol. The van der Waals surface area contributed by atoms with E-state index >= 15 is 0 Å². The molecule has 0 saturated heterocycles. The molecule has 0 saturated carbocycles. The van der Waals surface area contributed by atoms with E-state index in [1.165, 1.54) is 17.7 Å². The number of amides is 1. The number of nitrogens with one attached hydrogen (secondary N) is 2. The van der Waals surface area contributed by atoms with E-state index in [1.54, 1.807) is 12.1 Å². The number of carbonyl (C=O) groups excluding carboxylic acids is 1.